The number of amides is 2. The molecule has 2 aromatic rings. The number of hydrazine groups is 1. The lowest BCUT2D eigenvalue weighted by molar-refractivity contribution is 0.0844. The maximum atomic E-state index is 11.9. The first-order valence-corrected chi connectivity index (χ1v) is 8.03. The van der Waals surface area contributed by atoms with Gasteiger partial charge in [-0.25, -0.2) is 12.7 Å². The number of hydrogen-bond acceptors (Lipinski definition) is 4. The minimum absolute atomic E-state index is 0.0128. The van der Waals surface area contributed by atoms with Gasteiger partial charge >= 0.3 is 0 Å². The van der Waals surface area contributed by atoms with E-state index in [2.05, 4.69) is 15.8 Å². The highest BCUT2D eigenvalue weighted by Crippen LogP contribution is 2.14. The van der Waals surface area contributed by atoms with Crippen LogP contribution in [0.25, 0.3) is 0 Å². The molecule has 1 aromatic heterocycles. The molecule has 9 heteroatoms. The van der Waals surface area contributed by atoms with E-state index < -0.39 is 21.8 Å². The molecule has 2 amide bonds. The summed E-state index contributed by atoms with van der Waals surface area (Å²) < 4.78 is 24.9. The minimum Gasteiger partial charge on any atom is -0.356 e. The summed E-state index contributed by atoms with van der Waals surface area (Å²) in [5.41, 5.74) is 4.86. The number of rotatable bonds is 4. The molecule has 0 spiro atoms. The summed E-state index contributed by atoms with van der Waals surface area (Å²) >= 11 is 0. The summed E-state index contributed by atoms with van der Waals surface area (Å²) in [6.07, 6.45) is 1.21. The molecule has 0 bridgehead atoms. The number of aromatic nitrogens is 1. The second-order valence-electron chi connectivity index (χ2n) is 4.81. The number of nitrogens with one attached hydrogen (secondary N) is 3. The topological polar surface area (TPSA) is 111 Å². The predicted molar refractivity (Wildman–Crippen MR) is 83.0 cm³/mol. The molecule has 0 fully saturated rings. The largest absolute Gasteiger partial charge is 0.356 e. The van der Waals surface area contributed by atoms with Crippen molar-refractivity contribution in [2.75, 3.05) is 14.1 Å². The first-order chi connectivity index (χ1) is 10.8. The van der Waals surface area contributed by atoms with Gasteiger partial charge in [0.05, 0.1) is 0 Å². The van der Waals surface area contributed by atoms with Crippen molar-refractivity contribution >= 4 is 21.8 Å². The van der Waals surface area contributed by atoms with Gasteiger partial charge in [0.15, 0.2) is 0 Å². The number of H-pyrrole nitrogens is 1. The highest BCUT2D eigenvalue weighted by molar-refractivity contribution is 7.89. The molecule has 0 unspecified atom stereocenters. The van der Waals surface area contributed by atoms with Crippen LogP contribution in [0, 0.1) is 0 Å². The average Bonchev–Trinajstić information content (AvgIpc) is 3.03. The van der Waals surface area contributed by atoms with E-state index in [1.807, 2.05) is 0 Å². The van der Waals surface area contributed by atoms with Gasteiger partial charge in [-0.1, -0.05) is 18.2 Å². The zero-order valence-corrected chi connectivity index (χ0v) is 13.3. The molecule has 2 rings (SSSR count). The summed E-state index contributed by atoms with van der Waals surface area (Å²) in [4.78, 5) is 26.2. The second kappa shape index (κ2) is 6.63. The first-order valence-electron chi connectivity index (χ1n) is 6.59. The highest BCUT2D eigenvalue weighted by atomic mass is 32.2. The van der Waals surface area contributed by atoms with E-state index in [1.165, 1.54) is 26.4 Å². The van der Waals surface area contributed by atoms with Crippen LogP contribution < -0.4 is 10.9 Å². The molecule has 0 radical (unpaired) electrons. The molecule has 3 N–H and O–H groups in total. The van der Waals surface area contributed by atoms with Crippen molar-refractivity contribution in [2.24, 2.45) is 0 Å². The molecule has 0 atom stereocenters. The maximum absolute atomic E-state index is 11.9. The summed E-state index contributed by atoms with van der Waals surface area (Å²) in [5.74, 6) is -1.14. The Labute approximate surface area is 133 Å². The number of hydrogen-bond donors (Lipinski definition) is 3. The fourth-order valence-electron chi connectivity index (χ4n) is 1.71. The van der Waals surface area contributed by atoms with Crippen molar-refractivity contribution in [3.05, 3.63) is 53.9 Å². The Morgan fingerprint density at radius 1 is 1.04 bits per heavy atom. The Morgan fingerprint density at radius 3 is 2.26 bits per heavy atom. The summed E-state index contributed by atoms with van der Waals surface area (Å²) in [7, 11) is -0.847. The third-order valence-electron chi connectivity index (χ3n) is 3.01. The molecule has 0 saturated heterocycles. The average molecular weight is 336 g/mol. The Bertz CT molecular complexity index is 812. The Kier molecular flexibility index (Phi) is 4.82. The fraction of sp³-hybridized carbons (Fsp3) is 0.143. The predicted octanol–water partition coefficient (Wildman–Crippen LogP) is 0.340. The van der Waals surface area contributed by atoms with E-state index in [1.54, 1.807) is 30.3 Å². The molecule has 1 heterocycles. The molecular formula is C14H16N4O4S. The summed E-state index contributed by atoms with van der Waals surface area (Å²) in [5, 5.41) is 0. The van der Waals surface area contributed by atoms with E-state index in [0.717, 1.165) is 4.31 Å². The number of nitrogens with zero attached hydrogens (tertiary/aromatic N) is 1. The van der Waals surface area contributed by atoms with Crippen LogP contribution in [0.5, 0.6) is 0 Å². The Morgan fingerprint density at radius 2 is 1.65 bits per heavy atom. The van der Waals surface area contributed by atoms with E-state index in [4.69, 9.17) is 0 Å². The molecule has 1 aromatic carbocycles. The van der Waals surface area contributed by atoms with E-state index in [-0.39, 0.29) is 10.6 Å². The van der Waals surface area contributed by atoms with Gasteiger partial charge in [-0.05, 0) is 18.2 Å². The highest BCUT2D eigenvalue weighted by Gasteiger charge is 2.20. The van der Waals surface area contributed by atoms with Crippen LogP contribution in [0.2, 0.25) is 0 Å². The number of carbonyl (C=O) groups excluding carboxylic acids is 2. The van der Waals surface area contributed by atoms with Gasteiger partial charge < -0.3 is 4.98 Å². The van der Waals surface area contributed by atoms with Crippen LogP contribution >= 0.6 is 0 Å². The molecule has 0 aliphatic rings. The number of sulfonamides is 1. The van der Waals surface area contributed by atoms with Crippen LogP contribution in [0.15, 0.2) is 47.5 Å². The van der Waals surface area contributed by atoms with Crippen molar-refractivity contribution in [1.82, 2.24) is 20.1 Å². The van der Waals surface area contributed by atoms with Crippen LogP contribution in [0.3, 0.4) is 0 Å². The molecule has 122 valence electrons. The zero-order valence-electron chi connectivity index (χ0n) is 12.5. The normalized spacial score (nSPS) is 11.3. The van der Waals surface area contributed by atoms with E-state index in [0.29, 0.717) is 5.56 Å². The van der Waals surface area contributed by atoms with Gasteiger partial charge in [0, 0.05) is 25.9 Å². The van der Waals surface area contributed by atoms with Gasteiger partial charge in [0.25, 0.3) is 11.8 Å². The van der Waals surface area contributed by atoms with Crippen LogP contribution in [-0.4, -0.2) is 43.6 Å². The van der Waals surface area contributed by atoms with Gasteiger partial charge in [0.1, 0.15) is 10.6 Å². The van der Waals surface area contributed by atoms with Gasteiger partial charge in [-0.15, -0.1) is 0 Å². The van der Waals surface area contributed by atoms with Gasteiger partial charge in [-0.3, -0.25) is 20.4 Å². The molecule has 0 aliphatic heterocycles. The van der Waals surface area contributed by atoms with Crippen molar-refractivity contribution < 1.29 is 18.0 Å². The Balaban J connectivity index is 2.02. The quantitative estimate of drug-likeness (QED) is 0.699. The number of benzene rings is 1. The molecule has 0 saturated carbocycles. The molecule has 8 nitrogen and oxygen atoms in total. The summed E-state index contributed by atoms with van der Waals surface area (Å²) in [6, 6.07) is 9.54. The van der Waals surface area contributed by atoms with E-state index in [9.17, 15) is 18.0 Å². The molecule has 0 aliphatic carbocycles. The minimum atomic E-state index is -3.63. The van der Waals surface area contributed by atoms with Crippen LogP contribution in [0.1, 0.15) is 20.8 Å². The van der Waals surface area contributed by atoms with E-state index >= 15 is 0 Å². The number of carbonyl (C=O) groups is 2. The lowest BCUT2D eigenvalue weighted by Gasteiger charge is -2.08. The van der Waals surface area contributed by atoms with Gasteiger partial charge in [0.2, 0.25) is 10.0 Å². The third kappa shape index (κ3) is 3.76. The summed E-state index contributed by atoms with van der Waals surface area (Å²) in [6.45, 7) is 0. The Hall–Kier alpha value is -2.65. The molecule has 23 heavy (non-hydrogen) atoms. The smallest absolute Gasteiger partial charge is 0.286 e. The van der Waals surface area contributed by atoms with Crippen molar-refractivity contribution in [3.8, 4) is 0 Å². The van der Waals surface area contributed by atoms with Gasteiger partial charge in [-0.2, -0.15) is 0 Å². The lowest BCUT2D eigenvalue weighted by atomic mass is 10.2. The second-order valence-corrected chi connectivity index (χ2v) is 6.96. The fourth-order valence-corrected chi connectivity index (χ4v) is 2.60. The SMILES string of the molecule is CN(C)S(=O)(=O)c1c[nH]c(C(=O)NNC(=O)c2ccccc2)c1. The van der Waals surface area contributed by atoms with Crippen molar-refractivity contribution in [2.45, 2.75) is 4.90 Å². The maximum Gasteiger partial charge on any atom is 0.286 e. The van der Waals surface area contributed by atoms with Crippen LogP contribution in [-0.2, 0) is 10.0 Å². The monoisotopic (exact) mass is 336 g/mol. The standard InChI is InChI=1S/C14H16N4O4S/c1-18(2)23(21,22)11-8-12(15-9-11)14(20)17-16-13(19)10-6-4-3-5-7-10/h3-9,15H,1-2H3,(H,16,19)(H,17,20). The zero-order chi connectivity index (χ0) is 17.0. The third-order valence-corrected chi connectivity index (χ3v) is 4.80. The lowest BCUT2D eigenvalue weighted by Crippen LogP contribution is -2.41. The van der Waals surface area contributed by atoms with Crippen molar-refractivity contribution in [3.63, 3.8) is 0 Å². The molecular weight excluding hydrogens is 320 g/mol. The van der Waals surface area contributed by atoms with Crippen molar-refractivity contribution in [1.29, 1.82) is 0 Å². The first kappa shape index (κ1) is 16.7. The number of aromatic amines is 1. The van der Waals surface area contributed by atoms with Crippen LogP contribution in [0.4, 0.5) is 0 Å².